The first-order chi connectivity index (χ1) is 8.36. The van der Waals surface area contributed by atoms with Crippen LogP contribution in [-0.2, 0) is 4.74 Å². The van der Waals surface area contributed by atoms with Crippen molar-refractivity contribution in [2.75, 3.05) is 39.5 Å². The lowest BCUT2D eigenvalue weighted by Crippen LogP contribution is -2.33. The van der Waals surface area contributed by atoms with Crippen molar-refractivity contribution in [3.05, 3.63) is 0 Å². The second-order valence-electron chi connectivity index (χ2n) is 4.77. The van der Waals surface area contributed by atoms with Crippen LogP contribution >= 0.6 is 0 Å². The average Bonchev–Trinajstić information content (AvgIpc) is 2.58. The van der Waals surface area contributed by atoms with Crippen molar-refractivity contribution in [2.24, 2.45) is 0 Å². The summed E-state index contributed by atoms with van der Waals surface area (Å²) in [6.07, 6.45) is 8.10. The van der Waals surface area contributed by atoms with Gasteiger partial charge in [-0.05, 0) is 12.8 Å². The van der Waals surface area contributed by atoms with Crippen LogP contribution in [0.3, 0.4) is 0 Å². The van der Waals surface area contributed by atoms with Crippen LogP contribution in [0.15, 0.2) is 0 Å². The van der Waals surface area contributed by atoms with Gasteiger partial charge in [0.2, 0.25) is 0 Å². The summed E-state index contributed by atoms with van der Waals surface area (Å²) < 4.78 is 5.88. The smallest absolute Gasteiger partial charge is 0.0597 e. The maximum atomic E-state index is 8.88. The van der Waals surface area contributed by atoms with E-state index in [0.29, 0.717) is 25.8 Å². The highest BCUT2D eigenvalue weighted by Crippen LogP contribution is 2.19. The van der Waals surface area contributed by atoms with Crippen LogP contribution in [0.4, 0.5) is 0 Å². The third kappa shape index (κ3) is 6.99. The summed E-state index contributed by atoms with van der Waals surface area (Å²) in [4.78, 5) is 2.04. The van der Waals surface area contributed by atoms with Gasteiger partial charge in [-0.2, -0.15) is 0 Å². The van der Waals surface area contributed by atoms with Gasteiger partial charge < -0.3 is 14.9 Å². The van der Waals surface area contributed by atoms with E-state index in [1.54, 1.807) is 0 Å². The Morgan fingerprint density at radius 2 is 1.47 bits per heavy atom. The summed E-state index contributed by atoms with van der Waals surface area (Å²) in [5.74, 6) is 0. The van der Waals surface area contributed by atoms with E-state index in [1.807, 2.05) is 4.90 Å². The van der Waals surface area contributed by atoms with Gasteiger partial charge in [0.1, 0.15) is 0 Å². The van der Waals surface area contributed by atoms with Gasteiger partial charge in [-0.1, -0.05) is 25.7 Å². The average molecular weight is 245 g/mol. The van der Waals surface area contributed by atoms with Crippen LogP contribution in [0.1, 0.15) is 38.5 Å². The Morgan fingerprint density at radius 3 is 2.00 bits per heavy atom. The van der Waals surface area contributed by atoms with Crippen molar-refractivity contribution in [2.45, 2.75) is 44.6 Å². The fourth-order valence-corrected chi connectivity index (χ4v) is 2.38. The topological polar surface area (TPSA) is 52.9 Å². The summed E-state index contributed by atoms with van der Waals surface area (Å²) >= 11 is 0. The molecule has 0 amide bonds. The molecule has 17 heavy (non-hydrogen) atoms. The molecular formula is C13H27NO3. The number of hydrogen-bond acceptors (Lipinski definition) is 4. The van der Waals surface area contributed by atoms with E-state index in [4.69, 9.17) is 14.9 Å². The second kappa shape index (κ2) is 9.83. The van der Waals surface area contributed by atoms with Crippen LogP contribution in [0.25, 0.3) is 0 Å². The Labute approximate surface area is 105 Å². The van der Waals surface area contributed by atoms with E-state index < -0.39 is 0 Å². The summed E-state index contributed by atoms with van der Waals surface area (Å²) in [5, 5.41) is 17.8. The third-order valence-electron chi connectivity index (χ3n) is 3.40. The van der Waals surface area contributed by atoms with Gasteiger partial charge in [-0.25, -0.2) is 0 Å². The van der Waals surface area contributed by atoms with Crippen LogP contribution in [0.2, 0.25) is 0 Å². The molecule has 0 aromatic carbocycles. The molecule has 1 saturated carbocycles. The maximum Gasteiger partial charge on any atom is 0.0597 e. The van der Waals surface area contributed by atoms with Gasteiger partial charge in [-0.15, -0.1) is 0 Å². The predicted molar refractivity (Wildman–Crippen MR) is 68.1 cm³/mol. The molecule has 102 valence electrons. The van der Waals surface area contributed by atoms with Crippen LogP contribution in [-0.4, -0.2) is 60.7 Å². The van der Waals surface area contributed by atoms with Crippen molar-refractivity contribution in [3.8, 4) is 0 Å². The van der Waals surface area contributed by atoms with Gasteiger partial charge in [0, 0.05) is 19.6 Å². The molecule has 0 atom stereocenters. The number of ether oxygens (including phenoxy) is 1. The zero-order valence-electron chi connectivity index (χ0n) is 10.8. The van der Waals surface area contributed by atoms with Crippen molar-refractivity contribution >= 4 is 0 Å². The minimum atomic E-state index is 0.142. The molecule has 0 bridgehead atoms. The highest BCUT2D eigenvalue weighted by Gasteiger charge is 2.12. The molecule has 4 heteroatoms. The molecule has 1 aliphatic rings. The van der Waals surface area contributed by atoms with E-state index in [0.717, 1.165) is 6.54 Å². The molecule has 0 spiro atoms. The quantitative estimate of drug-likeness (QED) is 0.627. The molecule has 0 radical (unpaired) electrons. The van der Waals surface area contributed by atoms with Gasteiger partial charge in [0.15, 0.2) is 0 Å². The first-order valence-corrected chi connectivity index (χ1v) is 6.92. The zero-order valence-corrected chi connectivity index (χ0v) is 10.8. The van der Waals surface area contributed by atoms with Crippen LogP contribution in [0.5, 0.6) is 0 Å². The standard InChI is InChI=1S/C13H27NO3/c15-10-7-14(8-11-16)9-12-17-13-5-3-1-2-4-6-13/h13,15-16H,1-12H2. The highest BCUT2D eigenvalue weighted by molar-refractivity contribution is 4.64. The SMILES string of the molecule is OCCN(CCO)CCOC1CCCCCC1. The molecule has 4 nitrogen and oxygen atoms in total. The summed E-state index contributed by atoms with van der Waals surface area (Å²) in [6, 6.07) is 0. The molecule has 0 saturated heterocycles. The Morgan fingerprint density at radius 1 is 0.882 bits per heavy atom. The lowest BCUT2D eigenvalue weighted by molar-refractivity contribution is 0.0242. The van der Waals surface area contributed by atoms with E-state index in [-0.39, 0.29) is 13.2 Å². The molecule has 0 aromatic heterocycles. The van der Waals surface area contributed by atoms with Crippen LogP contribution in [0, 0.1) is 0 Å². The molecule has 0 aliphatic heterocycles. The van der Waals surface area contributed by atoms with Crippen LogP contribution < -0.4 is 0 Å². The zero-order chi connectivity index (χ0) is 12.3. The highest BCUT2D eigenvalue weighted by atomic mass is 16.5. The number of aliphatic hydroxyl groups excluding tert-OH is 2. The van der Waals surface area contributed by atoms with Gasteiger partial charge in [0.05, 0.1) is 25.9 Å². The first-order valence-electron chi connectivity index (χ1n) is 6.92. The molecule has 0 unspecified atom stereocenters. The van der Waals surface area contributed by atoms with E-state index in [9.17, 15) is 0 Å². The van der Waals surface area contributed by atoms with E-state index >= 15 is 0 Å². The van der Waals surface area contributed by atoms with E-state index in [1.165, 1.54) is 38.5 Å². The Balaban J connectivity index is 2.10. The van der Waals surface area contributed by atoms with Gasteiger partial charge >= 0.3 is 0 Å². The molecule has 1 aliphatic carbocycles. The summed E-state index contributed by atoms with van der Waals surface area (Å²) in [7, 11) is 0. The Kier molecular flexibility index (Phi) is 8.61. The maximum absolute atomic E-state index is 8.88. The van der Waals surface area contributed by atoms with Gasteiger partial charge in [0.25, 0.3) is 0 Å². The van der Waals surface area contributed by atoms with Crippen molar-refractivity contribution in [1.29, 1.82) is 0 Å². The van der Waals surface area contributed by atoms with Gasteiger partial charge in [-0.3, -0.25) is 4.90 Å². The minimum absolute atomic E-state index is 0.142. The monoisotopic (exact) mass is 245 g/mol. The van der Waals surface area contributed by atoms with Crippen molar-refractivity contribution < 1.29 is 14.9 Å². The fraction of sp³-hybridized carbons (Fsp3) is 1.00. The number of nitrogens with zero attached hydrogens (tertiary/aromatic N) is 1. The third-order valence-corrected chi connectivity index (χ3v) is 3.40. The number of aliphatic hydroxyl groups is 2. The molecule has 1 fully saturated rings. The lowest BCUT2D eigenvalue weighted by atomic mass is 10.1. The minimum Gasteiger partial charge on any atom is -0.395 e. The molecule has 1 rings (SSSR count). The van der Waals surface area contributed by atoms with Crippen molar-refractivity contribution in [3.63, 3.8) is 0 Å². The summed E-state index contributed by atoms with van der Waals surface area (Å²) in [5.41, 5.74) is 0. The predicted octanol–water partition coefficient (Wildman–Crippen LogP) is 1.01. The lowest BCUT2D eigenvalue weighted by Gasteiger charge is -2.22. The Bertz CT molecular complexity index is 162. The molecule has 0 heterocycles. The molecule has 0 aromatic rings. The molecule has 2 N–H and O–H groups in total. The fourth-order valence-electron chi connectivity index (χ4n) is 2.38. The first kappa shape index (κ1) is 14.9. The molecular weight excluding hydrogens is 218 g/mol. The number of rotatable bonds is 8. The second-order valence-corrected chi connectivity index (χ2v) is 4.77. The van der Waals surface area contributed by atoms with E-state index in [2.05, 4.69) is 0 Å². The van der Waals surface area contributed by atoms with Crippen molar-refractivity contribution in [1.82, 2.24) is 4.90 Å². The largest absolute Gasteiger partial charge is 0.395 e. The Hall–Kier alpha value is -0.160. The summed E-state index contributed by atoms with van der Waals surface area (Å²) in [6.45, 7) is 3.04. The number of hydrogen-bond donors (Lipinski definition) is 2. The normalized spacial score (nSPS) is 18.5.